The second kappa shape index (κ2) is 13.2. The average molecular weight is 693 g/mol. The molecule has 0 amide bonds. The van der Waals surface area contributed by atoms with Crippen LogP contribution in [-0.2, 0) is 20.1 Å². The molecule has 0 saturated heterocycles. The summed E-state index contributed by atoms with van der Waals surface area (Å²) in [6.07, 6.45) is 10.0. The van der Waals surface area contributed by atoms with Crippen molar-refractivity contribution in [2.24, 2.45) is 22.7 Å². The normalized spacial score (nSPS) is 25.4. The molecule has 2 fully saturated rings. The number of benzene rings is 2. The fourth-order valence-electron chi connectivity index (χ4n) is 7.46. The maximum absolute atomic E-state index is 11.1. The SMILES string of the molecule is CCC1(CC)CCCC2CC(CC)(CC)C(O)C2C1O.Cc1ccc2ccnc(-c3[c-]cccc3)c2c1.[Ir]. The summed E-state index contributed by atoms with van der Waals surface area (Å²) in [7, 11) is 0. The number of aryl methyl sites for hydroxylation is 1. The van der Waals surface area contributed by atoms with Crippen LogP contribution in [0.4, 0.5) is 0 Å². The quantitative estimate of drug-likeness (QED) is 0.266. The number of aromatic nitrogens is 1. The monoisotopic (exact) mass is 693 g/mol. The number of rotatable bonds is 5. The zero-order valence-electron chi connectivity index (χ0n) is 23.8. The summed E-state index contributed by atoms with van der Waals surface area (Å²) in [4.78, 5) is 4.49. The van der Waals surface area contributed by atoms with Gasteiger partial charge in [0.15, 0.2) is 0 Å². The van der Waals surface area contributed by atoms with Crippen molar-refractivity contribution in [1.82, 2.24) is 4.98 Å². The Bertz CT molecular complexity index is 1160. The molecule has 2 aliphatic rings. The third kappa shape index (κ3) is 5.80. The van der Waals surface area contributed by atoms with Crippen LogP contribution in [-0.4, -0.2) is 27.4 Å². The van der Waals surface area contributed by atoms with Crippen molar-refractivity contribution < 1.29 is 30.3 Å². The summed E-state index contributed by atoms with van der Waals surface area (Å²) >= 11 is 0. The second-order valence-corrected chi connectivity index (χ2v) is 11.6. The van der Waals surface area contributed by atoms with Gasteiger partial charge in [-0.3, -0.25) is 0 Å². The molecule has 3 nitrogen and oxygen atoms in total. The molecule has 1 heterocycles. The van der Waals surface area contributed by atoms with Gasteiger partial charge in [0.25, 0.3) is 0 Å². The standard InChI is InChI=1S/C18H34O2.C16H12N.Ir/c1-5-17(6-2)11-9-10-13-12-18(7-3,8-4)16(20)14(13)15(17)19;1-12-7-8-13-9-10-17-16(15(13)11-12)14-5-3-2-4-6-14;/h13-16,19-20H,5-12H2,1-4H3;2-5,7-11H,1H3;/q;-1;. The van der Waals surface area contributed by atoms with Gasteiger partial charge in [0.05, 0.1) is 12.2 Å². The van der Waals surface area contributed by atoms with Crippen molar-refractivity contribution in [2.45, 2.75) is 98.2 Å². The molecule has 4 unspecified atom stereocenters. The van der Waals surface area contributed by atoms with Crippen LogP contribution in [0.5, 0.6) is 0 Å². The van der Waals surface area contributed by atoms with E-state index in [2.05, 4.69) is 63.9 Å². The van der Waals surface area contributed by atoms with Crippen LogP contribution in [0.15, 0.2) is 54.7 Å². The molecule has 0 aliphatic heterocycles. The molecular weight excluding hydrogens is 647 g/mol. The summed E-state index contributed by atoms with van der Waals surface area (Å²) in [6.45, 7) is 10.9. The van der Waals surface area contributed by atoms with E-state index < -0.39 is 0 Å². The molecular formula is C34H46IrNO2-. The minimum Gasteiger partial charge on any atom is -0.392 e. The van der Waals surface area contributed by atoms with Crippen molar-refractivity contribution in [3.8, 4) is 11.3 Å². The van der Waals surface area contributed by atoms with Gasteiger partial charge < -0.3 is 15.2 Å². The molecule has 1 radical (unpaired) electrons. The van der Waals surface area contributed by atoms with Crippen molar-refractivity contribution in [1.29, 1.82) is 0 Å². The summed E-state index contributed by atoms with van der Waals surface area (Å²) in [5.41, 5.74) is 3.40. The minimum absolute atomic E-state index is 0. The Labute approximate surface area is 243 Å². The van der Waals surface area contributed by atoms with Gasteiger partial charge in [-0.1, -0.05) is 57.9 Å². The number of hydrogen-bond acceptors (Lipinski definition) is 3. The Morgan fingerprint density at radius 1 is 0.921 bits per heavy atom. The number of fused-ring (bicyclic) bond motifs is 2. The molecule has 0 bridgehead atoms. The van der Waals surface area contributed by atoms with E-state index >= 15 is 0 Å². The van der Waals surface area contributed by atoms with Crippen molar-refractivity contribution in [2.75, 3.05) is 0 Å². The number of hydrogen-bond donors (Lipinski definition) is 2. The van der Waals surface area contributed by atoms with Gasteiger partial charge >= 0.3 is 0 Å². The van der Waals surface area contributed by atoms with E-state index in [4.69, 9.17) is 0 Å². The van der Waals surface area contributed by atoms with Crippen LogP contribution in [0.3, 0.4) is 0 Å². The van der Waals surface area contributed by atoms with E-state index in [1.165, 1.54) is 29.2 Å². The largest absolute Gasteiger partial charge is 0.392 e. The van der Waals surface area contributed by atoms with E-state index in [1.807, 2.05) is 36.5 Å². The predicted octanol–water partition coefficient (Wildman–Crippen LogP) is 8.15. The van der Waals surface area contributed by atoms with E-state index in [0.717, 1.165) is 49.8 Å². The molecule has 209 valence electrons. The second-order valence-electron chi connectivity index (χ2n) is 11.6. The first kappa shape index (κ1) is 31.0. The molecule has 4 heteroatoms. The average Bonchev–Trinajstić information content (AvgIpc) is 3.14. The Hall–Kier alpha value is -1.58. The van der Waals surface area contributed by atoms with Gasteiger partial charge in [0.2, 0.25) is 0 Å². The fourth-order valence-corrected chi connectivity index (χ4v) is 7.46. The van der Waals surface area contributed by atoms with Gasteiger partial charge in [-0.2, -0.15) is 0 Å². The van der Waals surface area contributed by atoms with E-state index in [9.17, 15) is 10.2 Å². The van der Waals surface area contributed by atoms with Crippen LogP contribution >= 0.6 is 0 Å². The van der Waals surface area contributed by atoms with Gasteiger partial charge in [0, 0.05) is 32.2 Å². The topological polar surface area (TPSA) is 53.4 Å². The molecule has 1 aromatic heterocycles. The van der Waals surface area contributed by atoms with Crippen LogP contribution in [0.1, 0.15) is 84.6 Å². The molecule has 2 N–H and O–H groups in total. The molecule has 0 spiro atoms. The van der Waals surface area contributed by atoms with Gasteiger partial charge in [0.1, 0.15) is 0 Å². The fraction of sp³-hybridized carbons (Fsp3) is 0.559. The van der Waals surface area contributed by atoms with E-state index in [1.54, 1.807) is 0 Å². The molecule has 4 atom stereocenters. The van der Waals surface area contributed by atoms with Crippen LogP contribution in [0.25, 0.3) is 22.0 Å². The van der Waals surface area contributed by atoms with Gasteiger partial charge in [-0.25, -0.2) is 0 Å². The van der Waals surface area contributed by atoms with Crippen LogP contribution in [0, 0.1) is 35.7 Å². The Balaban J connectivity index is 0.000000207. The molecule has 2 saturated carbocycles. The summed E-state index contributed by atoms with van der Waals surface area (Å²) < 4.78 is 0. The number of pyridine rings is 1. The Kier molecular flexibility index (Phi) is 10.7. The third-order valence-corrected chi connectivity index (χ3v) is 10.1. The van der Waals surface area contributed by atoms with Gasteiger partial charge in [-0.05, 0) is 91.2 Å². The van der Waals surface area contributed by atoms with Crippen molar-refractivity contribution in [3.05, 3.63) is 66.4 Å². The zero-order valence-corrected chi connectivity index (χ0v) is 26.2. The Morgan fingerprint density at radius 3 is 2.24 bits per heavy atom. The van der Waals surface area contributed by atoms with Crippen LogP contribution in [0.2, 0.25) is 0 Å². The van der Waals surface area contributed by atoms with Gasteiger partial charge in [-0.15, -0.1) is 35.9 Å². The van der Waals surface area contributed by atoms with Crippen molar-refractivity contribution in [3.63, 3.8) is 0 Å². The van der Waals surface area contributed by atoms with E-state index in [0.29, 0.717) is 5.92 Å². The van der Waals surface area contributed by atoms with E-state index in [-0.39, 0.29) is 49.1 Å². The minimum atomic E-state index is -0.319. The first-order chi connectivity index (χ1) is 17.8. The summed E-state index contributed by atoms with van der Waals surface area (Å²) in [5.74, 6) is 0.636. The maximum atomic E-state index is 11.1. The first-order valence-corrected chi connectivity index (χ1v) is 14.5. The predicted molar refractivity (Wildman–Crippen MR) is 154 cm³/mol. The number of aliphatic hydroxyl groups is 2. The Morgan fingerprint density at radius 2 is 1.61 bits per heavy atom. The first-order valence-electron chi connectivity index (χ1n) is 14.5. The molecule has 3 aromatic rings. The van der Waals surface area contributed by atoms with Crippen LogP contribution < -0.4 is 0 Å². The third-order valence-electron chi connectivity index (χ3n) is 10.1. The van der Waals surface area contributed by atoms with Crippen molar-refractivity contribution >= 4 is 10.8 Å². The molecule has 5 rings (SSSR count). The molecule has 2 aromatic carbocycles. The summed E-state index contributed by atoms with van der Waals surface area (Å²) in [5, 5.41) is 24.5. The zero-order chi connectivity index (χ0) is 26.6. The summed E-state index contributed by atoms with van der Waals surface area (Å²) in [6, 6.07) is 19.7. The number of aliphatic hydroxyl groups excluding tert-OH is 2. The molecule has 2 aliphatic carbocycles. The number of nitrogens with zero attached hydrogens (tertiary/aromatic N) is 1. The maximum Gasteiger partial charge on any atom is 0.0651 e. The molecule has 38 heavy (non-hydrogen) atoms. The smallest absolute Gasteiger partial charge is 0.0651 e.